The van der Waals surface area contributed by atoms with Gasteiger partial charge in [-0.3, -0.25) is 4.79 Å². The number of rotatable bonds is 8. The summed E-state index contributed by atoms with van der Waals surface area (Å²) in [5.41, 5.74) is -0.455. The number of benzene rings is 2. The summed E-state index contributed by atoms with van der Waals surface area (Å²) in [6.07, 6.45) is -2.59. The number of nitrogens with zero attached hydrogens (tertiary/aromatic N) is 1. The Bertz CT molecular complexity index is 1370. The van der Waals surface area contributed by atoms with Gasteiger partial charge in [-0.05, 0) is 70.3 Å². The zero-order valence-electron chi connectivity index (χ0n) is 21.8. The van der Waals surface area contributed by atoms with Gasteiger partial charge in [0, 0.05) is 29.2 Å². The molecule has 0 radical (unpaired) electrons. The van der Waals surface area contributed by atoms with E-state index in [9.17, 15) is 26.4 Å². The molecule has 0 spiro atoms. The van der Waals surface area contributed by atoms with E-state index in [1.165, 1.54) is 6.07 Å². The van der Waals surface area contributed by atoms with Crippen molar-refractivity contribution in [2.24, 2.45) is 5.92 Å². The minimum Gasteiger partial charge on any atom is -0.357 e. The Labute approximate surface area is 221 Å². The van der Waals surface area contributed by atoms with Gasteiger partial charge in [-0.2, -0.15) is 13.2 Å². The van der Waals surface area contributed by atoms with E-state index in [2.05, 4.69) is 29.0 Å². The number of halogens is 3. The summed E-state index contributed by atoms with van der Waals surface area (Å²) >= 11 is 0. The summed E-state index contributed by atoms with van der Waals surface area (Å²) in [4.78, 5) is 18.3. The van der Waals surface area contributed by atoms with E-state index in [0.717, 1.165) is 12.5 Å². The first kappa shape index (κ1) is 28.2. The number of sulfone groups is 1. The maximum absolute atomic E-state index is 13.4. The van der Waals surface area contributed by atoms with Crippen LogP contribution in [0, 0.1) is 5.92 Å². The number of aromatic nitrogens is 1. The van der Waals surface area contributed by atoms with Crippen LogP contribution in [-0.4, -0.2) is 55.1 Å². The highest BCUT2D eigenvalue weighted by molar-refractivity contribution is 7.91. The summed E-state index contributed by atoms with van der Waals surface area (Å²) in [6.45, 7) is 4.18. The lowest BCUT2D eigenvalue weighted by atomic mass is 9.81. The molecule has 2 N–H and O–H groups in total. The van der Waals surface area contributed by atoms with Crippen LogP contribution in [-0.2, 0) is 27.2 Å². The highest BCUT2D eigenvalue weighted by Crippen LogP contribution is 2.35. The van der Waals surface area contributed by atoms with Crippen LogP contribution in [0.25, 0.3) is 10.9 Å². The van der Waals surface area contributed by atoms with Crippen LogP contribution >= 0.6 is 0 Å². The van der Waals surface area contributed by atoms with Crippen LogP contribution in [0.4, 0.5) is 13.2 Å². The van der Waals surface area contributed by atoms with Gasteiger partial charge in [0.15, 0.2) is 9.84 Å². The zero-order valence-corrected chi connectivity index (χ0v) is 22.6. The number of nitrogens with one attached hydrogen (secondary N) is 2. The average molecular weight is 550 g/mol. The maximum Gasteiger partial charge on any atom is 0.418 e. The SMILES string of the molecule is CC(C)N(C)C1CCC(NC(=O)Cc2cc3cccc(C(F)(F)F)c3[nH]2)C(CS(=O)(=O)c2ccccc2)C1. The molecule has 38 heavy (non-hydrogen) atoms. The molecular formula is C28H34F3N3O3S. The highest BCUT2D eigenvalue weighted by atomic mass is 32.2. The van der Waals surface area contributed by atoms with Crippen molar-refractivity contribution in [3.63, 3.8) is 0 Å². The molecule has 10 heteroatoms. The Kier molecular flexibility index (Phi) is 8.23. The first-order valence-corrected chi connectivity index (χ1v) is 14.5. The number of hydrogen-bond donors (Lipinski definition) is 2. The van der Waals surface area contributed by atoms with Crippen molar-refractivity contribution in [1.29, 1.82) is 0 Å². The third-order valence-corrected chi connectivity index (χ3v) is 9.45. The molecule has 1 aliphatic carbocycles. The number of H-pyrrole nitrogens is 1. The smallest absolute Gasteiger partial charge is 0.357 e. The van der Waals surface area contributed by atoms with Crippen LogP contribution in [0.1, 0.15) is 44.4 Å². The first-order valence-electron chi connectivity index (χ1n) is 12.8. The van der Waals surface area contributed by atoms with E-state index in [0.29, 0.717) is 30.0 Å². The summed E-state index contributed by atoms with van der Waals surface area (Å²) in [5.74, 6) is -0.748. The van der Waals surface area contributed by atoms with Crippen molar-refractivity contribution in [3.8, 4) is 0 Å². The fraction of sp³-hybridized carbons (Fsp3) is 0.464. The van der Waals surface area contributed by atoms with E-state index in [1.54, 1.807) is 42.5 Å². The molecule has 1 fully saturated rings. The number of carbonyl (C=O) groups is 1. The lowest BCUT2D eigenvalue weighted by molar-refractivity contribution is -0.136. The summed E-state index contributed by atoms with van der Waals surface area (Å²) in [5, 5.41) is 3.39. The summed E-state index contributed by atoms with van der Waals surface area (Å²) in [7, 11) is -1.55. The highest BCUT2D eigenvalue weighted by Gasteiger charge is 2.37. The second-order valence-corrected chi connectivity index (χ2v) is 12.5. The van der Waals surface area contributed by atoms with Gasteiger partial charge in [0.2, 0.25) is 5.91 Å². The Morgan fingerprint density at radius 1 is 1.11 bits per heavy atom. The molecule has 1 heterocycles. The average Bonchev–Trinajstić information content (AvgIpc) is 3.26. The molecule has 4 rings (SSSR count). The second-order valence-electron chi connectivity index (χ2n) is 10.5. The van der Waals surface area contributed by atoms with E-state index in [4.69, 9.17) is 0 Å². The quantitative estimate of drug-likeness (QED) is 0.405. The van der Waals surface area contributed by atoms with Gasteiger partial charge in [0.05, 0.1) is 28.1 Å². The number of carbonyl (C=O) groups excluding carboxylic acids is 1. The number of hydrogen-bond acceptors (Lipinski definition) is 4. The molecule has 0 saturated heterocycles. The number of para-hydroxylation sites is 1. The van der Waals surface area contributed by atoms with Crippen LogP contribution in [0.5, 0.6) is 0 Å². The molecule has 1 saturated carbocycles. The molecule has 0 aliphatic heterocycles. The Morgan fingerprint density at radius 2 is 1.82 bits per heavy atom. The third-order valence-electron chi connectivity index (χ3n) is 7.60. The van der Waals surface area contributed by atoms with Crippen molar-refractivity contribution in [1.82, 2.24) is 15.2 Å². The van der Waals surface area contributed by atoms with Gasteiger partial charge in [-0.1, -0.05) is 30.3 Å². The van der Waals surface area contributed by atoms with E-state index < -0.39 is 21.6 Å². The summed E-state index contributed by atoms with van der Waals surface area (Å²) < 4.78 is 66.6. The standard InChI is InChI=1S/C28H34F3N3O3S/c1-18(2)34(3)22-12-13-25(20(15-22)17-38(36,37)23-9-5-4-6-10-23)33-26(35)16-21-14-19-8-7-11-24(27(19)32-21)28(29,30)31/h4-11,14,18,20,22,25,32H,12-13,15-17H2,1-3H3,(H,33,35). The van der Waals surface area contributed by atoms with Crippen molar-refractivity contribution in [2.45, 2.75) is 68.7 Å². The fourth-order valence-electron chi connectivity index (χ4n) is 5.39. The number of fused-ring (bicyclic) bond motifs is 1. The molecule has 3 aromatic rings. The zero-order chi connectivity index (χ0) is 27.7. The van der Waals surface area contributed by atoms with Crippen LogP contribution in [0.3, 0.4) is 0 Å². The fourth-order valence-corrected chi connectivity index (χ4v) is 7.08. The molecule has 3 unspecified atom stereocenters. The molecule has 1 aliphatic rings. The maximum atomic E-state index is 13.4. The molecule has 1 aromatic heterocycles. The van der Waals surface area contributed by atoms with Crippen molar-refractivity contribution in [3.05, 3.63) is 65.9 Å². The second kappa shape index (κ2) is 11.1. The van der Waals surface area contributed by atoms with Crippen LogP contribution < -0.4 is 5.32 Å². The lowest BCUT2D eigenvalue weighted by Crippen LogP contribution is -2.51. The van der Waals surface area contributed by atoms with E-state index in [-0.39, 0.29) is 46.5 Å². The number of amides is 1. The lowest BCUT2D eigenvalue weighted by Gasteiger charge is -2.41. The third kappa shape index (κ3) is 6.40. The Hall–Kier alpha value is -2.85. The molecular weight excluding hydrogens is 515 g/mol. The number of alkyl halides is 3. The van der Waals surface area contributed by atoms with Gasteiger partial charge < -0.3 is 15.2 Å². The topological polar surface area (TPSA) is 82.3 Å². The summed E-state index contributed by atoms with van der Waals surface area (Å²) in [6, 6.07) is 13.9. The van der Waals surface area contributed by atoms with Crippen molar-refractivity contribution >= 4 is 26.6 Å². The predicted molar refractivity (Wildman–Crippen MR) is 141 cm³/mol. The minimum atomic E-state index is -4.51. The molecule has 206 valence electrons. The van der Waals surface area contributed by atoms with Gasteiger partial charge in [-0.25, -0.2) is 8.42 Å². The normalized spacial score (nSPS) is 20.8. The molecule has 1 amide bonds. The van der Waals surface area contributed by atoms with Crippen molar-refractivity contribution < 1.29 is 26.4 Å². The monoisotopic (exact) mass is 549 g/mol. The minimum absolute atomic E-state index is 0.0492. The van der Waals surface area contributed by atoms with Crippen LogP contribution in [0.15, 0.2) is 59.5 Å². The van der Waals surface area contributed by atoms with E-state index in [1.807, 2.05) is 7.05 Å². The van der Waals surface area contributed by atoms with Gasteiger partial charge in [0.25, 0.3) is 0 Å². The Balaban J connectivity index is 1.52. The van der Waals surface area contributed by atoms with Gasteiger partial charge >= 0.3 is 6.18 Å². The van der Waals surface area contributed by atoms with Gasteiger partial charge in [0.1, 0.15) is 0 Å². The predicted octanol–water partition coefficient (Wildman–Crippen LogP) is 5.20. The molecule has 0 bridgehead atoms. The van der Waals surface area contributed by atoms with Crippen molar-refractivity contribution in [2.75, 3.05) is 12.8 Å². The Morgan fingerprint density at radius 3 is 2.47 bits per heavy atom. The van der Waals surface area contributed by atoms with Gasteiger partial charge in [-0.15, -0.1) is 0 Å². The first-order chi connectivity index (χ1) is 17.8. The van der Waals surface area contributed by atoms with E-state index >= 15 is 0 Å². The number of aromatic amines is 1. The molecule has 3 atom stereocenters. The van der Waals surface area contributed by atoms with Crippen LogP contribution in [0.2, 0.25) is 0 Å². The molecule has 2 aromatic carbocycles. The molecule has 6 nitrogen and oxygen atoms in total. The largest absolute Gasteiger partial charge is 0.418 e.